The van der Waals surface area contributed by atoms with Crippen molar-refractivity contribution in [3.63, 3.8) is 0 Å². The molecule has 3 N–H and O–H groups in total. The number of nitrogens with one attached hydrogen (secondary N) is 2. The fourth-order valence-corrected chi connectivity index (χ4v) is 4.38. The van der Waals surface area contributed by atoms with Crippen molar-refractivity contribution in [1.82, 2.24) is 0 Å². The molecule has 182 valence electrons. The van der Waals surface area contributed by atoms with Gasteiger partial charge in [0.15, 0.2) is 0 Å². The van der Waals surface area contributed by atoms with Gasteiger partial charge < -0.3 is 20.0 Å². The van der Waals surface area contributed by atoms with Gasteiger partial charge >= 0.3 is 0 Å². The quantitative estimate of drug-likeness (QED) is 0.440. The number of hydrogen-bond acceptors (Lipinski definition) is 4. The molecule has 1 atom stereocenters. The molecular weight excluding hydrogens is 462 g/mol. The highest BCUT2D eigenvalue weighted by Gasteiger charge is 2.26. The van der Waals surface area contributed by atoms with Crippen molar-refractivity contribution in [2.24, 2.45) is 5.41 Å². The maximum atomic E-state index is 13.3. The van der Waals surface area contributed by atoms with E-state index in [0.717, 1.165) is 22.4 Å². The SMILES string of the molecule is CS(=O)Nc1cc(N2CCc3cc(-c4ccc(NC(=O)C(C)(C)C)cc4)ccc3C2=O)ccc1O. The van der Waals surface area contributed by atoms with Crippen molar-refractivity contribution in [3.05, 3.63) is 71.8 Å². The molecule has 0 saturated carbocycles. The lowest BCUT2D eigenvalue weighted by molar-refractivity contribution is -0.123. The Bertz CT molecular complexity index is 1310. The second-order valence-corrected chi connectivity index (χ2v) is 10.7. The zero-order valence-electron chi connectivity index (χ0n) is 20.2. The smallest absolute Gasteiger partial charge is 0.258 e. The molecule has 1 aliphatic heterocycles. The summed E-state index contributed by atoms with van der Waals surface area (Å²) in [6.07, 6.45) is 2.15. The Morgan fingerprint density at radius 1 is 1.00 bits per heavy atom. The predicted molar refractivity (Wildman–Crippen MR) is 141 cm³/mol. The summed E-state index contributed by atoms with van der Waals surface area (Å²) in [5, 5.41) is 12.9. The van der Waals surface area contributed by atoms with Gasteiger partial charge in [-0.1, -0.05) is 45.0 Å². The van der Waals surface area contributed by atoms with Crippen LogP contribution in [0.1, 0.15) is 36.7 Å². The Kier molecular flexibility index (Phi) is 6.67. The van der Waals surface area contributed by atoms with Gasteiger partial charge in [0.25, 0.3) is 5.91 Å². The lowest BCUT2D eigenvalue weighted by Crippen LogP contribution is -2.37. The number of anilines is 3. The first-order valence-corrected chi connectivity index (χ1v) is 12.9. The zero-order valence-corrected chi connectivity index (χ0v) is 21.0. The van der Waals surface area contributed by atoms with Gasteiger partial charge in [0.05, 0.1) is 5.69 Å². The van der Waals surface area contributed by atoms with Crippen molar-refractivity contribution < 1.29 is 18.9 Å². The topological polar surface area (TPSA) is 98.7 Å². The van der Waals surface area contributed by atoms with E-state index in [-0.39, 0.29) is 17.6 Å². The first kappa shape index (κ1) is 24.5. The summed E-state index contributed by atoms with van der Waals surface area (Å²) in [7, 11) is -1.35. The number of phenolic OH excluding ortho intramolecular Hbond substituents is 1. The molecule has 4 rings (SSSR count). The Morgan fingerprint density at radius 3 is 2.34 bits per heavy atom. The fraction of sp³-hybridized carbons (Fsp3) is 0.259. The van der Waals surface area contributed by atoms with Gasteiger partial charge in [-0.2, -0.15) is 0 Å². The van der Waals surface area contributed by atoms with Crippen LogP contribution >= 0.6 is 0 Å². The predicted octanol–water partition coefficient (Wildman–Crippen LogP) is 4.95. The van der Waals surface area contributed by atoms with Crippen LogP contribution in [0.3, 0.4) is 0 Å². The number of benzene rings is 3. The van der Waals surface area contributed by atoms with Crippen LogP contribution < -0.4 is 14.9 Å². The number of fused-ring (bicyclic) bond motifs is 1. The van der Waals surface area contributed by atoms with Crippen LogP contribution in [0.5, 0.6) is 5.75 Å². The molecule has 1 unspecified atom stereocenters. The summed E-state index contributed by atoms with van der Waals surface area (Å²) in [4.78, 5) is 27.1. The average Bonchev–Trinajstić information content (AvgIpc) is 2.80. The third kappa shape index (κ3) is 5.38. The Hall–Kier alpha value is -3.65. The number of nitrogens with zero attached hydrogens (tertiary/aromatic N) is 1. The van der Waals surface area contributed by atoms with E-state index in [1.807, 2.05) is 63.2 Å². The number of rotatable bonds is 5. The number of amides is 2. The second kappa shape index (κ2) is 9.54. The Morgan fingerprint density at radius 2 is 1.69 bits per heavy atom. The number of aromatic hydroxyl groups is 1. The van der Waals surface area contributed by atoms with Gasteiger partial charge in [0.2, 0.25) is 5.91 Å². The summed E-state index contributed by atoms with van der Waals surface area (Å²) < 4.78 is 14.2. The molecule has 0 spiro atoms. The maximum Gasteiger partial charge on any atom is 0.258 e. The lowest BCUT2D eigenvalue weighted by atomic mass is 9.93. The van der Waals surface area contributed by atoms with E-state index in [9.17, 15) is 18.9 Å². The van der Waals surface area contributed by atoms with Crippen molar-refractivity contribution in [1.29, 1.82) is 0 Å². The highest BCUT2D eigenvalue weighted by Crippen LogP contribution is 2.33. The Labute approximate surface area is 207 Å². The van der Waals surface area contributed by atoms with Crippen molar-refractivity contribution in [2.75, 3.05) is 27.7 Å². The van der Waals surface area contributed by atoms with Crippen LogP contribution in [0.15, 0.2) is 60.7 Å². The molecule has 3 aromatic carbocycles. The maximum absolute atomic E-state index is 13.3. The number of hydrogen-bond donors (Lipinski definition) is 3. The summed E-state index contributed by atoms with van der Waals surface area (Å²) in [6.45, 7) is 6.11. The highest BCUT2D eigenvalue weighted by atomic mass is 32.2. The molecule has 1 heterocycles. The van der Waals surface area contributed by atoms with E-state index in [4.69, 9.17) is 0 Å². The molecule has 7 nitrogen and oxygen atoms in total. The normalized spacial score (nSPS) is 14.3. The van der Waals surface area contributed by atoms with Crippen LogP contribution in [-0.2, 0) is 22.2 Å². The van der Waals surface area contributed by atoms with Crippen LogP contribution in [0.4, 0.5) is 17.1 Å². The fourth-order valence-electron chi connectivity index (χ4n) is 3.91. The van der Waals surface area contributed by atoms with E-state index in [1.54, 1.807) is 17.0 Å². The zero-order chi connectivity index (χ0) is 25.3. The molecule has 0 saturated heterocycles. The average molecular weight is 492 g/mol. The van der Waals surface area contributed by atoms with E-state index in [1.165, 1.54) is 12.3 Å². The van der Waals surface area contributed by atoms with Gasteiger partial charge in [-0.05, 0) is 59.5 Å². The van der Waals surface area contributed by atoms with Gasteiger partial charge in [-0.15, -0.1) is 0 Å². The third-order valence-corrected chi connectivity index (χ3v) is 6.40. The van der Waals surface area contributed by atoms with E-state index in [0.29, 0.717) is 29.9 Å². The van der Waals surface area contributed by atoms with Gasteiger partial charge in [0.1, 0.15) is 16.7 Å². The summed E-state index contributed by atoms with van der Waals surface area (Å²) in [5.74, 6) is -0.184. The van der Waals surface area contributed by atoms with E-state index >= 15 is 0 Å². The molecule has 0 aliphatic carbocycles. The number of phenols is 1. The summed E-state index contributed by atoms with van der Waals surface area (Å²) in [5.41, 5.74) is 4.83. The van der Waals surface area contributed by atoms with Crippen molar-refractivity contribution >= 4 is 39.9 Å². The van der Waals surface area contributed by atoms with Crippen LogP contribution in [-0.4, -0.2) is 33.9 Å². The number of carbonyl (C=O) groups is 2. The van der Waals surface area contributed by atoms with E-state index < -0.39 is 16.4 Å². The van der Waals surface area contributed by atoms with Gasteiger partial charge in [-0.25, -0.2) is 4.21 Å². The van der Waals surface area contributed by atoms with Crippen LogP contribution in [0, 0.1) is 5.41 Å². The molecule has 0 aromatic heterocycles. The molecule has 8 heteroatoms. The molecule has 1 aliphatic rings. The van der Waals surface area contributed by atoms with Crippen LogP contribution in [0.25, 0.3) is 11.1 Å². The number of carbonyl (C=O) groups excluding carboxylic acids is 2. The molecule has 3 aromatic rings. The third-order valence-electron chi connectivity index (χ3n) is 5.89. The monoisotopic (exact) mass is 491 g/mol. The van der Waals surface area contributed by atoms with Crippen LogP contribution in [0.2, 0.25) is 0 Å². The van der Waals surface area contributed by atoms with Crippen molar-refractivity contribution in [2.45, 2.75) is 27.2 Å². The minimum atomic E-state index is -1.35. The highest BCUT2D eigenvalue weighted by molar-refractivity contribution is 7.85. The minimum absolute atomic E-state index is 0.0255. The first-order valence-electron chi connectivity index (χ1n) is 11.3. The Balaban J connectivity index is 1.54. The van der Waals surface area contributed by atoms with Gasteiger partial charge in [-0.3, -0.25) is 9.59 Å². The largest absolute Gasteiger partial charge is 0.506 e. The van der Waals surface area contributed by atoms with E-state index in [2.05, 4.69) is 10.0 Å². The molecule has 2 amide bonds. The molecular formula is C27H29N3O4S. The summed E-state index contributed by atoms with van der Waals surface area (Å²) in [6, 6.07) is 18.3. The standard InChI is InChI=1S/C27H29N3O4S/c1-27(2,3)26(33)28-20-8-5-17(6-9-20)18-7-11-22-19(15-18)13-14-30(25(22)32)21-10-12-24(31)23(16-21)29-35(4)34/h5-12,15-16,29,31H,13-14H2,1-4H3,(H,28,33). The first-order chi connectivity index (χ1) is 16.5. The minimum Gasteiger partial charge on any atom is -0.506 e. The lowest BCUT2D eigenvalue weighted by Gasteiger charge is -2.29. The molecule has 0 fully saturated rings. The summed E-state index contributed by atoms with van der Waals surface area (Å²) >= 11 is 0. The molecule has 0 radical (unpaired) electrons. The molecule has 35 heavy (non-hydrogen) atoms. The molecule has 0 bridgehead atoms. The second-order valence-electron chi connectivity index (χ2n) is 9.62. The van der Waals surface area contributed by atoms with Crippen molar-refractivity contribution in [3.8, 4) is 16.9 Å². The van der Waals surface area contributed by atoms with Gasteiger partial charge in [0, 0.05) is 35.2 Å².